The molecule has 4 aromatic rings. The number of benzene rings is 2. The molecule has 1 aliphatic rings. The molecule has 2 N–H and O–H groups in total. The van der Waals surface area contributed by atoms with Gasteiger partial charge in [0.1, 0.15) is 18.0 Å². The van der Waals surface area contributed by atoms with Gasteiger partial charge in [0.15, 0.2) is 0 Å². The number of piperazine rings is 1. The number of amides is 1. The number of hydrogen-bond acceptors (Lipinski definition) is 6. The van der Waals surface area contributed by atoms with Gasteiger partial charge in [-0.2, -0.15) is 0 Å². The Morgan fingerprint density at radius 2 is 1.84 bits per heavy atom. The van der Waals surface area contributed by atoms with Crippen molar-refractivity contribution in [2.24, 2.45) is 0 Å². The number of fused-ring (bicyclic) bond motifs is 1. The number of nitrogens with one attached hydrogen (secondary N) is 2. The molecule has 1 saturated heterocycles. The number of carbonyl (C=O) groups excluding carboxylic acids is 1. The molecule has 0 aliphatic carbocycles. The summed E-state index contributed by atoms with van der Waals surface area (Å²) in [5.41, 5.74) is 1.50. The van der Waals surface area contributed by atoms with Gasteiger partial charge in [-0.15, -0.1) is 0 Å². The third kappa shape index (κ3) is 4.25. The average molecular weight is 468 g/mol. The summed E-state index contributed by atoms with van der Waals surface area (Å²) in [4.78, 5) is 28.2. The Kier molecular flexibility index (Phi) is 5.65. The van der Waals surface area contributed by atoms with Crippen LogP contribution in [0.3, 0.4) is 0 Å². The van der Waals surface area contributed by atoms with Gasteiger partial charge in [0.2, 0.25) is 5.82 Å². The molecule has 1 fully saturated rings. The minimum atomic E-state index is -0.198. The van der Waals surface area contributed by atoms with Gasteiger partial charge in [0.25, 0.3) is 5.91 Å². The van der Waals surface area contributed by atoms with Crippen molar-refractivity contribution >= 4 is 51.6 Å². The molecule has 10 heteroatoms. The van der Waals surface area contributed by atoms with Gasteiger partial charge in [-0.25, -0.2) is 15.0 Å². The number of anilines is 2. The highest BCUT2D eigenvalue weighted by Gasteiger charge is 2.22. The molecule has 5 rings (SSSR count). The van der Waals surface area contributed by atoms with Crippen LogP contribution >= 0.6 is 23.2 Å². The van der Waals surface area contributed by atoms with Crippen molar-refractivity contribution in [3.63, 3.8) is 0 Å². The van der Waals surface area contributed by atoms with E-state index < -0.39 is 0 Å². The summed E-state index contributed by atoms with van der Waals surface area (Å²) >= 11 is 12.3. The number of imidazole rings is 1. The Morgan fingerprint density at radius 1 is 1.03 bits per heavy atom. The molecule has 0 unspecified atom stereocenters. The Bertz CT molecular complexity index is 1300. The molecule has 2 aromatic carbocycles. The molecule has 162 valence electrons. The first-order chi connectivity index (χ1) is 15.6. The zero-order chi connectivity index (χ0) is 22.1. The highest BCUT2D eigenvalue weighted by molar-refractivity contribution is 6.31. The van der Waals surface area contributed by atoms with E-state index in [4.69, 9.17) is 23.2 Å². The fourth-order valence-corrected chi connectivity index (χ4v) is 3.94. The average Bonchev–Trinajstić information content (AvgIpc) is 3.28. The Labute approximate surface area is 194 Å². The lowest BCUT2D eigenvalue weighted by atomic mass is 10.2. The SMILES string of the molecule is O=C(c1nc(Nc2cn(-c3cccc(Cl)c3)cn2)c2cc(Cl)ccc2n1)N1CCNCC1. The van der Waals surface area contributed by atoms with Gasteiger partial charge < -0.3 is 20.1 Å². The Hall–Kier alpha value is -3.20. The second kappa shape index (κ2) is 8.74. The Morgan fingerprint density at radius 3 is 2.66 bits per heavy atom. The predicted octanol–water partition coefficient (Wildman–Crippen LogP) is 3.91. The zero-order valence-corrected chi connectivity index (χ0v) is 18.4. The van der Waals surface area contributed by atoms with Crippen LogP contribution in [0.2, 0.25) is 10.0 Å². The first-order valence-electron chi connectivity index (χ1n) is 10.1. The van der Waals surface area contributed by atoms with E-state index in [1.807, 2.05) is 35.0 Å². The van der Waals surface area contributed by atoms with Crippen molar-refractivity contribution in [2.75, 3.05) is 31.5 Å². The van der Waals surface area contributed by atoms with Crippen molar-refractivity contribution in [1.82, 2.24) is 29.7 Å². The summed E-state index contributed by atoms with van der Waals surface area (Å²) in [5, 5.41) is 8.35. The molecule has 0 radical (unpaired) electrons. The summed E-state index contributed by atoms with van der Waals surface area (Å²) < 4.78 is 1.84. The van der Waals surface area contributed by atoms with Crippen molar-refractivity contribution in [3.05, 3.63) is 70.9 Å². The van der Waals surface area contributed by atoms with Gasteiger partial charge in [0.05, 0.1) is 11.7 Å². The van der Waals surface area contributed by atoms with Gasteiger partial charge in [-0.1, -0.05) is 29.3 Å². The molecule has 1 amide bonds. The number of nitrogens with zero attached hydrogens (tertiary/aromatic N) is 5. The van der Waals surface area contributed by atoms with Crippen molar-refractivity contribution in [1.29, 1.82) is 0 Å². The Balaban J connectivity index is 1.51. The van der Waals surface area contributed by atoms with Crippen LogP contribution in [0.4, 0.5) is 11.6 Å². The molecule has 3 heterocycles. The fourth-order valence-electron chi connectivity index (χ4n) is 3.59. The second-order valence-electron chi connectivity index (χ2n) is 7.37. The minimum absolute atomic E-state index is 0.137. The smallest absolute Gasteiger partial charge is 0.291 e. The van der Waals surface area contributed by atoms with Crippen LogP contribution in [0, 0.1) is 0 Å². The lowest BCUT2D eigenvalue weighted by Gasteiger charge is -2.26. The quantitative estimate of drug-likeness (QED) is 0.472. The number of carbonyl (C=O) groups is 1. The molecular weight excluding hydrogens is 449 g/mol. The third-order valence-electron chi connectivity index (χ3n) is 5.19. The van der Waals surface area contributed by atoms with Gasteiger partial charge in [0, 0.05) is 47.3 Å². The standard InChI is InChI=1S/C22H19Cl2N7O/c23-14-2-1-3-16(10-14)31-12-19(26-13-31)28-20-17-11-15(24)4-5-18(17)27-21(29-20)22(32)30-8-6-25-7-9-30/h1-5,10-13,25H,6-9H2,(H,27,28,29). The highest BCUT2D eigenvalue weighted by Crippen LogP contribution is 2.27. The zero-order valence-electron chi connectivity index (χ0n) is 16.9. The monoisotopic (exact) mass is 467 g/mol. The second-order valence-corrected chi connectivity index (χ2v) is 8.24. The van der Waals surface area contributed by atoms with E-state index >= 15 is 0 Å². The van der Waals surface area contributed by atoms with Crippen LogP contribution in [0.25, 0.3) is 16.6 Å². The minimum Gasteiger partial charge on any atom is -0.333 e. The lowest BCUT2D eigenvalue weighted by Crippen LogP contribution is -2.46. The number of aromatic nitrogens is 4. The van der Waals surface area contributed by atoms with Crippen molar-refractivity contribution in [3.8, 4) is 5.69 Å². The molecule has 0 atom stereocenters. The third-order valence-corrected chi connectivity index (χ3v) is 5.66. The fraction of sp³-hybridized carbons (Fsp3) is 0.182. The van der Waals surface area contributed by atoms with Crippen molar-refractivity contribution < 1.29 is 4.79 Å². The number of hydrogen-bond donors (Lipinski definition) is 2. The van der Waals surface area contributed by atoms with Gasteiger partial charge in [-0.3, -0.25) is 4.79 Å². The molecule has 2 aromatic heterocycles. The van der Waals surface area contributed by atoms with E-state index in [1.54, 1.807) is 29.4 Å². The maximum Gasteiger partial charge on any atom is 0.291 e. The number of halogens is 2. The summed E-state index contributed by atoms with van der Waals surface area (Å²) in [6.07, 6.45) is 3.50. The molecule has 0 spiro atoms. The van der Waals surface area contributed by atoms with E-state index in [1.165, 1.54) is 0 Å². The van der Waals surface area contributed by atoms with Crippen LogP contribution in [0.15, 0.2) is 55.0 Å². The molecule has 0 bridgehead atoms. The van der Waals surface area contributed by atoms with E-state index in [9.17, 15) is 4.79 Å². The van der Waals surface area contributed by atoms with Crippen LogP contribution < -0.4 is 10.6 Å². The van der Waals surface area contributed by atoms with Crippen LogP contribution in [-0.2, 0) is 0 Å². The summed E-state index contributed by atoms with van der Waals surface area (Å²) in [6.45, 7) is 2.74. The summed E-state index contributed by atoms with van der Waals surface area (Å²) in [5.74, 6) is 0.965. The highest BCUT2D eigenvalue weighted by atomic mass is 35.5. The molecule has 32 heavy (non-hydrogen) atoms. The van der Waals surface area contributed by atoms with Crippen LogP contribution in [0.1, 0.15) is 10.6 Å². The first kappa shape index (κ1) is 20.7. The van der Waals surface area contributed by atoms with E-state index in [2.05, 4.69) is 25.6 Å². The molecular formula is C22H19Cl2N7O. The topological polar surface area (TPSA) is 88.0 Å². The van der Waals surface area contributed by atoms with Crippen molar-refractivity contribution in [2.45, 2.75) is 0 Å². The van der Waals surface area contributed by atoms with E-state index in [-0.39, 0.29) is 11.7 Å². The van der Waals surface area contributed by atoms with E-state index in [0.29, 0.717) is 45.7 Å². The normalized spacial score (nSPS) is 14.0. The maximum absolute atomic E-state index is 13.0. The predicted molar refractivity (Wildman–Crippen MR) is 125 cm³/mol. The van der Waals surface area contributed by atoms with Crippen LogP contribution in [0.5, 0.6) is 0 Å². The van der Waals surface area contributed by atoms with E-state index in [0.717, 1.165) is 18.8 Å². The molecule has 1 aliphatic heterocycles. The maximum atomic E-state index is 13.0. The van der Waals surface area contributed by atoms with Crippen LogP contribution in [-0.4, -0.2) is 56.5 Å². The summed E-state index contributed by atoms with van der Waals surface area (Å²) in [7, 11) is 0. The number of rotatable bonds is 4. The lowest BCUT2D eigenvalue weighted by molar-refractivity contribution is 0.0724. The largest absolute Gasteiger partial charge is 0.333 e. The summed E-state index contributed by atoms with van der Waals surface area (Å²) in [6, 6.07) is 12.8. The van der Waals surface area contributed by atoms with Gasteiger partial charge in [-0.05, 0) is 36.4 Å². The first-order valence-corrected chi connectivity index (χ1v) is 10.9. The van der Waals surface area contributed by atoms with Gasteiger partial charge >= 0.3 is 0 Å². The molecule has 8 nitrogen and oxygen atoms in total. The molecule has 0 saturated carbocycles.